The van der Waals surface area contributed by atoms with Gasteiger partial charge in [-0.3, -0.25) is 0 Å². The number of aromatic nitrogens is 1. The number of fused-ring (bicyclic) bond motifs is 1. The third kappa shape index (κ3) is 4.23. The van der Waals surface area contributed by atoms with Crippen LogP contribution in [0.4, 0.5) is 5.82 Å². The van der Waals surface area contributed by atoms with Gasteiger partial charge in [-0.1, -0.05) is 19.1 Å². The predicted octanol–water partition coefficient (Wildman–Crippen LogP) is 3.55. The molecule has 1 aliphatic heterocycles. The third-order valence-electron chi connectivity index (χ3n) is 4.60. The van der Waals surface area contributed by atoms with Crippen molar-refractivity contribution in [2.24, 2.45) is 0 Å². The van der Waals surface area contributed by atoms with Gasteiger partial charge >= 0.3 is 0 Å². The van der Waals surface area contributed by atoms with Crippen molar-refractivity contribution in [1.29, 1.82) is 0 Å². The lowest BCUT2D eigenvalue weighted by atomic mass is 10.0. The molecule has 5 heteroatoms. The van der Waals surface area contributed by atoms with Crippen LogP contribution in [-0.2, 0) is 6.54 Å². The molecule has 1 aromatic carbocycles. The Morgan fingerprint density at radius 1 is 1.12 bits per heavy atom. The van der Waals surface area contributed by atoms with Gasteiger partial charge in [-0.05, 0) is 42.7 Å². The van der Waals surface area contributed by atoms with Crippen molar-refractivity contribution in [3.05, 3.63) is 47.7 Å². The van der Waals surface area contributed by atoms with Crippen LogP contribution in [0.15, 0.2) is 36.5 Å². The molecule has 0 amide bonds. The molecule has 0 aliphatic carbocycles. The fourth-order valence-electron chi connectivity index (χ4n) is 2.92. The van der Waals surface area contributed by atoms with E-state index in [0.29, 0.717) is 13.2 Å². The zero-order valence-electron chi connectivity index (χ0n) is 15.3. The van der Waals surface area contributed by atoms with Crippen LogP contribution in [0.3, 0.4) is 0 Å². The molecule has 25 heavy (non-hydrogen) atoms. The van der Waals surface area contributed by atoms with E-state index >= 15 is 0 Å². The second-order valence-corrected chi connectivity index (χ2v) is 6.28. The van der Waals surface area contributed by atoms with Gasteiger partial charge in [0.1, 0.15) is 19.0 Å². The number of nitrogens with one attached hydrogen (secondary N) is 1. The molecular weight excluding hydrogens is 314 g/mol. The first-order chi connectivity index (χ1) is 12.2. The Balaban J connectivity index is 1.64. The van der Waals surface area contributed by atoms with E-state index < -0.39 is 0 Å². The van der Waals surface area contributed by atoms with Crippen molar-refractivity contribution >= 4 is 5.82 Å². The minimum absolute atomic E-state index is 0.272. The Kier molecular flexibility index (Phi) is 5.76. The minimum atomic E-state index is 0.272. The molecule has 2 heterocycles. The summed E-state index contributed by atoms with van der Waals surface area (Å²) in [5, 5.41) is 3.62. The van der Waals surface area contributed by atoms with Crippen molar-refractivity contribution in [2.45, 2.75) is 32.9 Å². The average molecular weight is 341 g/mol. The first-order valence-electron chi connectivity index (χ1n) is 9.00. The van der Waals surface area contributed by atoms with E-state index in [4.69, 9.17) is 9.47 Å². The predicted molar refractivity (Wildman–Crippen MR) is 100 cm³/mol. The fourth-order valence-corrected chi connectivity index (χ4v) is 2.92. The van der Waals surface area contributed by atoms with Crippen LogP contribution in [-0.4, -0.2) is 31.8 Å². The first-order valence-corrected chi connectivity index (χ1v) is 9.00. The minimum Gasteiger partial charge on any atom is -0.486 e. The summed E-state index contributed by atoms with van der Waals surface area (Å²) in [5.41, 5.74) is 2.41. The molecule has 3 rings (SSSR count). The Hall–Kier alpha value is -2.27. The molecule has 1 aliphatic rings. The summed E-state index contributed by atoms with van der Waals surface area (Å²) in [6, 6.07) is 10.7. The summed E-state index contributed by atoms with van der Waals surface area (Å²) in [4.78, 5) is 6.66. The van der Waals surface area contributed by atoms with E-state index in [1.54, 1.807) is 0 Å². The van der Waals surface area contributed by atoms with Crippen molar-refractivity contribution in [3.8, 4) is 11.5 Å². The van der Waals surface area contributed by atoms with E-state index in [1.165, 1.54) is 11.1 Å². The Morgan fingerprint density at radius 3 is 2.60 bits per heavy atom. The fraction of sp³-hybridized carbons (Fsp3) is 0.450. The molecule has 5 nitrogen and oxygen atoms in total. The van der Waals surface area contributed by atoms with Gasteiger partial charge in [0, 0.05) is 32.4 Å². The van der Waals surface area contributed by atoms with Crippen LogP contribution < -0.4 is 19.7 Å². The van der Waals surface area contributed by atoms with Crippen LogP contribution >= 0.6 is 0 Å². The number of ether oxygens (including phenoxy) is 2. The van der Waals surface area contributed by atoms with E-state index in [2.05, 4.69) is 60.4 Å². The Labute approximate surface area is 150 Å². The maximum Gasteiger partial charge on any atom is 0.161 e. The van der Waals surface area contributed by atoms with E-state index in [-0.39, 0.29) is 6.04 Å². The first kappa shape index (κ1) is 17.5. The number of nitrogens with zero attached hydrogens (tertiary/aromatic N) is 2. The summed E-state index contributed by atoms with van der Waals surface area (Å²) >= 11 is 0. The average Bonchev–Trinajstić information content (AvgIpc) is 2.68. The SMILES string of the molecule is CC[C@H](NCc1ccc(N(C)CC)nc1)c1ccc2c(c1)OCCO2. The molecule has 0 saturated carbocycles. The summed E-state index contributed by atoms with van der Waals surface area (Å²) in [5.74, 6) is 2.69. The highest BCUT2D eigenvalue weighted by molar-refractivity contribution is 5.44. The van der Waals surface area contributed by atoms with Crippen LogP contribution in [0.5, 0.6) is 11.5 Å². The summed E-state index contributed by atoms with van der Waals surface area (Å²) in [6.07, 6.45) is 2.95. The summed E-state index contributed by atoms with van der Waals surface area (Å²) < 4.78 is 11.3. The van der Waals surface area contributed by atoms with E-state index in [9.17, 15) is 0 Å². The molecule has 134 valence electrons. The van der Waals surface area contributed by atoms with Crippen LogP contribution in [0.25, 0.3) is 0 Å². The van der Waals surface area contributed by atoms with Crippen molar-refractivity contribution in [1.82, 2.24) is 10.3 Å². The lowest BCUT2D eigenvalue weighted by molar-refractivity contribution is 0.171. The smallest absolute Gasteiger partial charge is 0.161 e. The van der Waals surface area contributed by atoms with Gasteiger partial charge in [0.25, 0.3) is 0 Å². The molecule has 0 spiro atoms. The van der Waals surface area contributed by atoms with E-state index in [1.807, 2.05) is 12.3 Å². The van der Waals surface area contributed by atoms with Gasteiger partial charge in [0.05, 0.1) is 0 Å². The van der Waals surface area contributed by atoms with Crippen LogP contribution in [0.2, 0.25) is 0 Å². The van der Waals surface area contributed by atoms with Gasteiger partial charge in [0.2, 0.25) is 0 Å². The number of pyridine rings is 1. The van der Waals surface area contributed by atoms with Crippen LogP contribution in [0, 0.1) is 0 Å². The molecular formula is C20H27N3O2. The lowest BCUT2D eigenvalue weighted by Crippen LogP contribution is -2.22. The number of hydrogen-bond donors (Lipinski definition) is 1. The Bertz CT molecular complexity index is 688. The van der Waals surface area contributed by atoms with Gasteiger partial charge in [-0.25, -0.2) is 4.98 Å². The summed E-state index contributed by atoms with van der Waals surface area (Å²) in [6.45, 7) is 7.29. The van der Waals surface area contributed by atoms with Crippen molar-refractivity contribution < 1.29 is 9.47 Å². The Morgan fingerprint density at radius 2 is 1.92 bits per heavy atom. The largest absolute Gasteiger partial charge is 0.486 e. The molecule has 2 aromatic rings. The normalized spacial score (nSPS) is 14.2. The molecule has 1 aromatic heterocycles. The summed E-state index contributed by atoms with van der Waals surface area (Å²) in [7, 11) is 2.05. The molecule has 1 N–H and O–H groups in total. The van der Waals surface area contributed by atoms with Gasteiger partial charge in [-0.15, -0.1) is 0 Å². The molecule has 0 unspecified atom stereocenters. The zero-order valence-corrected chi connectivity index (χ0v) is 15.3. The van der Waals surface area contributed by atoms with Gasteiger partial charge in [-0.2, -0.15) is 0 Å². The second kappa shape index (κ2) is 8.21. The second-order valence-electron chi connectivity index (χ2n) is 6.28. The van der Waals surface area contributed by atoms with Crippen molar-refractivity contribution in [2.75, 3.05) is 31.7 Å². The molecule has 0 saturated heterocycles. The lowest BCUT2D eigenvalue weighted by Gasteiger charge is -2.22. The standard InChI is InChI=1S/C20H27N3O2/c1-4-17(16-7-8-18-19(12-16)25-11-10-24-18)21-13-15-6-9-20(22-14-15)23(3)5-2/h6-9,12,14,17,21H,4-5,10-11,13H2,1-3H3/t17-/m0/s1. The van der Waals surface area contributed by atoms with Gasteiger partial charge in [0.15, 0.2) is 11.5 Å². The maximum absolute atomic E-state index is 5.70. The van der Waals surface area contributed by atoms with E-state index in [0.717, 1.165) is 36.8 Å². The van der Waals surface area contributed by atoms with Crippen LogP contribution in [0.1, 0.15) is 37.4 Å². The highest BCUT2D eigenvalue weighted by Crippen LogP contribution is 2.33. The highest BCUT2D eigenvalue weighted by atomic mass is 16.6. The number of hydrogen-bond acceptors (Lipinski definition) is 5. The third-order valence-corrected chi connectivity index (χ3v) is 4.60. The topological polar surface area (TPSA) is 46.6 Å². The zero-order chi connectivity index (χ0) is 17.6. The maximum atomic E-state index is 5.70. The number of anilines is 1. The van der Waals surface area contributed by atoms with Gasteiger partial charge < -0.3 is 19.7 Å². The highest BCUT2D eigenvalue weighted by Gasteiger charge is 2.16. The van der Waals surface area contributed by atoms with Crippen molar-refractivity contribution in [3.63, 3.8) is 0 Å². The molecule has 0 fully saturated rings. The molecule has 0 bridgehead atoms. The quantitative estimate of drug-likeness (QED) is 0.834. The number of benzene rings is 1. The molecule has 0 radical (unpaired) electrons. The molecule has 1 atom stereocenters. The number of rotatable bonds is 7. The monoisotopic (exact) mass is 341 g/mol.